The summed E-state index contributed by atoms with van der Waals surface area (Å²) in [7, 11) is -4.19. The molecule has 8 heteroatoms. The molecular weight excluding hydrogens is 418 g/mol. The van der Waals surface area contributed by atoms with E-state index in [1.807, 2.05) is 0 Å². The zero-order valence-electron chi connectivity index (χ0n) is 18.7. The summed E-state index contributed by atoms with van der Waals surface area (Å²) >= 11 is 0. The average molecular weight is 452 g/mol. The van der Waals surface area contributed by atoms with Crippen LogP contribution in [0, 0.1) is 22.7 Å². The summed E-state index contributed by atoms with van der Waals surface area (Å²) in [5.41, 5.74) is 1.24. The molecule has 0 aromatic carbocycles. The summed E-state index contributed by atoms with van der Waals surface area (Å²) in [6.45, 7) is 8.62. The molecule has 0 saturated heterocycles. The maximum absolute atomic E-state index is 12.8. The van der Waals surface area contributed by atoms with E-state index in [0.717, 1.165) is 31.8 Å². The summed E-state index contributed by atoms with van der Waals surface area (Å²) < 4.78 is 30.8. The monoisotopic (exact) mass is 451 g/mol. The van der Waals surface area contributed by atoms with Gasteiger partial charge in [-0.2, -0.15) is 8.42 Å². The maximum atomic E-state index is 12.8. The van der Waals surface area contributed by atoms with Crippen molar-refractivity contribution in [3.63, 3.8) is 0 Å². The van der Waals surface area contributed by atoms with E-state index in [0.29, 0.717) is 11.8 Å². The molecule has 31 heavy (non-hydrogen) atoms. The number of allylic oxidation sites excluding steroid dienone is 4. The first kappa shape index (κ1) is 23.7. The van der Waals surface area contributed by atoms with Crippen molar-refractivity contribution in [3.8, 4) is 0 Å². The molecule has 3 N–H and O–H groups in total. The third kappa shape index (κ3) is 4.37. The Morgan fingerprint density at radius 2 is 1.90 bits per heavy atom. The zero-order valence-corrected chi connectivity index (χ0v) is 19.5. The SMILES string of the molecule is CC1=CCC[C@H]2[C@](C)(CC3=C(O)C(NCCS(=O)(=O)O)=CC(=O)C3=O)[C@@H](C)CC[C@]12C. The first-order valence-electron chi connectivity index (χ1n) is 10.9. The molecule has 3 aliphatic rings. The van der Waals surface area contributed by atoms with E-state index in [1.165, 1.54) is 5.57 Å². The molecule has 7 nitrogen and oxygen atoms in total. The topological polar surface area (TPSA) is 121 Å². The normalized spacial score (nSPS) is 34.2. The molecule has 0 aliphatic heterocycles. The molecule has 4 atom stereocenters. The number of hydrogen-bond acceptors (Lipinski definition) is 6. The van der Waals surface area contributed by atoms with Crippen LogP contribution in [0.1, 0.15) is 59.8 Å². The molecule has 3 aliphatic carbocycles. The Bertz CT molecular complexity index is 992. The molecule has 1 fully saturated rings. The minimum absolute atomic E-state index is 0.0257. The van der Waals surface area contributed by atoms with Crippen molar-refractivity contribution in [1.29, 1.82) is 0 Å². The predicted molar refractivity (Wildman–Crippen MR) is 118 cm³/mol. The standard InChI is InChI=1S/C23H33NO6S/c1-14-6-5-7-19-22(14,3)9-8-15(2)23(19,4)13-16-20(26)17(12-18(25)21(16)27)24-10-11-31(28,29)30/h6,12,15,19,24,26H,5,7-11,13H2,1-4H3,(H,28,29,30)/t15-,19+,22+,23+/m0/s1. The van der Waals surface area contributed by atoms with Crippen molar-refractivity contribution < 1.29 is 27.7 Å². The fourth-order valence-corrected chi connectivity index (χ4v) is 6.25. The van der Waals surface area contributed by atoms with E-state index in [1.54, 1.807) is 0 Å². The lowest BCUT2D eigenvalue weighted by atomic mass is 9.46. The molecule has 172 valence electrons. The second-order valence-electron chi connectivity index (χ2n) is 9.85. The van der Waals surface area contributed by atoms with Gasteiger partial charge in [0, 0.05) is 18.2 Å². The van der Waals surface area contributed by atoms with Gasteiger partial charge < -0.3 is 10.4 Å². The van der Waals surface area contributed by atoms with Gasteiger partial charge in [-0.25, -0.2) is 0 Å². The highest BCUT2D eigenvalue weighted by Crippen LogP contribution is 2.62. The van der Waals surface area contributed by atoms with Crippen LogP contribution in [0.2, 0.25) is 0 Å². The summed E-state index contributed by atoms with van der Waals surface area (Å²) in [6, 6.07) is 0. The average Bonchev–Trinajstić information content (AvgIpc) is 2.67. The highest BCUT2D eigenvalue weighted by atomic mass is 32.2. The molecule has 0 radical (unpaired) electrons. The van der Waals surface area contributed by atoms with Gasteiger partial charge in [-0.05, 0) is 61.7 Å². The molecule has 0 heterocycles. The van der Waals surface area contributed by atoms with Crippen molar-refractivity contribution >= 4 is 21.7 Å². The van der Waals surface area contributed by atoms with Crippen LogP contribution in [-0.2, 0) is 19.7 Å². The molecule has 3 rings (SSSR count). The second kappa shape index (κ2) is 8.20. The van der Waals surface area contributed by atoms with Gasteiger partial charge in [-0.3, -0.25) is 14.1 Å². The van der Waals surface area contributed by atoms with Crippen molar-refractivity contribution in [1.82, 2.24) is 5.32 Å². The smallest absolute Gasteiger partial charge is 0.266 e. The van der Waals surface area contributed by atoms with Crippen LogP contribution in [0.5, 0.6) is 0 Å². The lowest BCUT2D eigenvalue weighted by Crippen LogP contribution is -2.50. The minimum atomic E-state index is -4.19. The molecule has 0 aromatic rings. The molecule has 0 bridgehead atoms. The van der Waals surface area contributed by atoms with Gasteiger partial charge in [-0.1, -0.05) is 32.4 Å². The summed E-state index contributed by atoms with van der Waals surface area (Å²) in [5, 5.41) is 13.5. The van der Waals surface area contributed by atoms with Crippen LogP contribution in [0.3, 0.4) is 0 Å². The third-order valence-electron chi connectivity index (χ3n) is 8.14. The van der Waals surface area contributed by atoms with Crippen LogP contribution < -0.4 is 5.32 Å². The van der Waals surface area contributed by atoms with Gasteiger partial charge in [0.1, 0.15) is 5.76 Å². The quantitative estimate of drug-likeness (QED) is 0.245. The Hall–Kier alpha value is -1.93. The number of carbonyl (C=O) groups is 2. The van der Waals surface area contributed by atoms with Gasteiger partial charge in [0.2, 0.25) is 11.6 Å². The Kier molecular flexibility index (Phi) is 6.28. The van der Waals surface area contributed by atoms with Crippen molar-refractivity contribution in [3.05, 3.63) is 34.8 Å². The van der Waals surface area contributed by atoms with Crippen LogP contribution in [0.25, 0.3) is 0 Å². The molecular formula is C23H33NO6S. The summed E-state index contributed by atoms with van der Waals surface area (Å²) in [6.07, 6.45) is 7.65. The van der Waals surface area contributed by atoms with Gasteiger partial charge in [0.25, 0.3) is 10.1 Å². The van der Waals surface area contributed by atoms with Crippen LogP contribution in [-0.4, -0.2) is 41.9 Å². The Morgan fingerprint density at radius 3 is 2.55 bits per heavy atom. The van der Waals surface area contributed by atoms with Gasteiger partial charge in [0.15, 0.2) is 0 Å². The molecule has 0 unspecified atom stereocenters. The maximum Gasteiger partial charge on any atom is 0.266 e. The molecule has 1 saturated carbocycles. The molecule has 0 spiro atoms. The Morgan fingerprint density at radius 1 is 1.23 bits per heavy atom. The van der Waals surface area contributed by atoms with E-state index in [9.17, 15) is 23.1 Å². The number of carbonyl (C=O) groups excluding carboxylic acids is 2. The van der Waals surface area contributed by atoms with Gasteiger partial charge >= 0.3 is 0 Å². The number of hydrogen-bond donors (Lipinski definition) is 3. The van der Waals surface area contributed by atoms with Crippen LogP contribution >= 0.6 is 0 Å². The van der Waals surface area contributed by atoms with E-state index in [4.69, 9.17) is 4.55 Å². The number of ketones is 2. The predicted octanol–water partition coefficient (Wildman–Crippen LogP) is 3.50. The van der Waals surface area contributed by atoms with Crippen molar-refractivity contribution in [2.24, 2.45) is 22.7 Å². The van der Waals surface area contributed by atoms with Crippen molar-refractivity contribution in [2.45, 2.75) is 59.8 Å². The van der Waals surface area contributed by atoms with Gasteiger partial charge in [-0.15, -0.1) is 0 Å². The second-order valence-corrected chi connectivity index (χ2v) is 11.4. The summed E-state index contributed by atoms with van der Waals surface area (Å²) in [4.78, 5) is 25.1. The minimum Gasteiger partial charge on any atom is -0.505 e. The van der Waals surface area contributed by atoms with E-state index >= 15 is 0 Å². The Labute approximate surface area is 184 Å². The zero-order chi connectivity index (χ0) is 23.2. The number of fused-ring (bicyclic) bond motifs is 1. The van der Waals surface area contributed by atoms with Crippen LogP contribution in [0.15, 0.2) is 34.8 Å². The fraction of sp³-hybridized carbons (Fsp3) is 0.652. The van der Waals surface area contributed by atoms with E-state index in [-0.39, 0.29) is 40.8 Å². The Balaban J connectivity index is 1.93. The van der Waals surface area contributed by atoms with E-state index in [2.05, 4.69) is 39.1 Å². The number of Topliss-reactive ketones (excluding diaryl/α,β-unsaturated/α-hetero) is 1. The number of aliphatic hydroxyl groups is 1. The molecule has 0 aromatic heterocycles. The van der Waals surface area contributed by atoms with E-state index < -0.39 is 27.4 Å². The largest absolute Gasteiger partial charge is 0.505 e. The number of rotatable bonds is 6. The molecule has 0 amide bonds. The summed E-state index contributed by atoms with van der Waals surface area (Å²) in [5.74, 6) is -1.70. The first-order chi connectivity index (χ1) is 14.3. The fourth-order valence-electron chi connectivity index (χ4n) is 5.89. The highest BCUT2D eigenvalue weighted by Gasteiger charge is 2.54. The van der Waals surface area contributed by atoms with Gasteiger partial charge in [0.05, 0.1) is 11.4 Å². The van der Waals surface area contributed by atoms with Crippen LogP contribution in [0.4, 0.5) is 0 Å². The lowest BCUT2D eigenvalue weighted by molar-refractivity contribution is -0.132. The first-order valence-corrected chi connectivity index (χ1v) is 12.5. The number of nitrogens with one attached hydrogen (secondary N) is 1. The van der Waals surface area contributed by atoms with Crippen molar-refractivity contribution in [2.75, 3.05) is 12.3 Å². The highest BCUT2D eigenvalue weighted by molar-refractivity contribution is 7.85. The lowest BCUT2D eigenvalue weighted by Gasteiger charge is -2.58. The number of aliphatic hydroxyl groups excluding tert-OH is 1. The third-order valence-corrected chi connectivity index (χ3v) is 8.86.